The van der Waals surface area contributed by atoms with Crippen molar-refractivity contribution >= 4 is 15.9 Å². The van der Waals surface area contributed by atoms with E-state index >= 15 is 0 Å². The topological polar surface area (TPSA) is 38.7 Å². The Bertz CT molecular complexity index is 1040. The maximum Gasteiger partial charge on any atom is 0.0900 e. The van der Waals surface area contributed by atoms with E-state index in [-0.39, 0.29) is 0 Å². The van der Waals surface area contributed by atoms with E-state index in [0.29, 0.717) is 0 Å². The number of halogens is 1. The van der Waals surface area contributed by atoms with E-state index < -0.39 is 0 Å². The average molecular weight is 416 g/mol. The maximum absolute atomic E-state index is 4.86. The molecule has 0 bridgehead atoms. The standard InChI is InChI=1S/C23H18BrN3/c1-15-7-9-25-20(11-15)22-13-18(17-3-5-19(24)6-4-17)14-23(27-22)21-12-16(2)8-10-26-21/h3-14H,1-2H3. The lowest BCUT2D eigenvalue weighted by Crippen LogP contribution is -1.95. The number of hydrogen-bond acceptors (Lipinski definition) is 3. The van der Waals surface area contributed by atoms with Gasteiger partial charge in [0.25, 0.3) is 0 Å². The van der Waals surface area contributed by atoms with Crippen LogP contribution in [0.1, 0.15) is 11.1 Å². The first-order chi connectivity index (χ1) is 13.1. The average Bonchev–Trinajstić information content (AvgIpc) is 2.68. The van der Waals surface area contributed by atoms with Gasteiger partial charge < -0.3 is 0 Å². The summed E-state index contributed by atoms with van der Waals surface area (Å²) in [6.07, 6.45) is 3.65. The Kier molecular flexibility index (Phi) is 4.82. The molecule has 27 heavy (non-hydrogen) atoms. The van der Waals surface area contributed by atoms with Crippen LogP contribution in [0.15, 0.2) is 77.5 Å². The Hall–Kier alpha value is -2.85. The Morgan fingerprint density at radius 2 is 1.11 bits per heavy atom. The lowest BCUT2D eigenvalue weighted by atomic mass is 10.0. The van der Waals surface area contributed by atoms with Gasteiger partial charge in [-0.2, -0.15) is 0 Å². The third-order valence-corrected chi connectivity index (χ3v) is 4.89. The molecule has 4 rings (SSSR count). The van der Waals surface area contributed by atoms with Crippen LogP contribution >= 0.6 is 15.9 Å². The summed E-state index contributed by atoms with van der Waals surface area (Å²) in [6.45, 7) is 4.12. The lowest BCUT2D eigenvalue weighted by molar-refractivity contribution is 1.20. The zero-order valence-electron chi connectivity index (χ0n) is 15.1. The van der Waals surface area contributed by atoms with Gasteiger partial charge in [-0.15, -0.1) is 0 Å². The number of nitrogens with zero attached hydrogens (tertiary/aromatic N) is 3. The quantitative estimate of drug-likeness (QED) is 0.396. The van der Waals surface area contributed by atoms with Crippen molar-refractivity contribution in [1.29, 1.82) is 0 Å². The summed E-state index contributed by atoms with van der Waals surface area (Å²) < 4.78 is 1.06. The highest BCUT2D eigenvalue weighted by molar-refractivity contribution is 9.10. The second-order valence-electron chi connectivity index (χ2n) is 6.57. The molecule has 132 valence electrons. The normalized spacial score (nSPS) is 10.8. The van der Waals surface area contributed by atoms with E-state index in [4.69, 9.17) is 4.98 Å². The molecule has 0 aliphatic heterocycles. The van der Waals surface area contributed by atoms with E-state index in [1.54, 1.807) is 0 Å². The zero-order chi connectivity index (χ0) is 18.8. The molecule has 3 aromatic heterocycles. The molecule has 3 heterocycles. The number of rotatable bonds is 3. The molecule has 0 fully saturated rings. The van der Waals surface area contributed by atoms with Crippen molar-refractivity contribution in [2.24, 2.45) is 0 Å². The highest BCUT2D eigenvalue weighted by Crippen LogP contribution is 2.30. The third kappa shape index (κ3) is 3.96. The van der Waals surface area contributed by atoms with Gasteiger partial charge in [-0.05, 0) is 84.6 Å². The minimum absolute atomic E-state index is 0.845. The van der Waals surface area contributed by atoms with Crippen molar-refractivity contribution in [3.05, 3.63) is 88.7 Å². The molecule has 0 aliphatic rings. The van der Waals surface area contributed by atoms with Crippen LogP contribution in [0.4, 0.5) is 0 Å². The van der Waals surface area contributed by atoms with Gasteiger partial charge in [0.15, 0.2) is 0 Å². The summed E-state index contributed by atoms with van der Waals surface area (Å²) in [7, 11) is 0. The van der Waals surface area contributed by atoms with E-state index in [1.165, 1.54) is 0 Å². The zero-order valence-corrected chi connectivity index (χ0v) is 16.7. The van der Waals surface area contributed by atoms with Crippen molar-refractivity contribution in [3.8, 4) is 33.9 Å². The van der Waals surface area contributed by atoms with E-state index in [9.17, 15) is 0 Å². The minimum Gasteiger partial charge on any atom is -0.255 e. The molecule has 4 aromatic rings. The van der Waals surface area contributed by atoms with E-state index in [1.807, 2.05) is 36.7 Å². The summed E-state index contributed by atoms with van der Waals surface area (Å²) in [5, 5.41) is 0. The minimum atomic E-state index is 0.845. The molecule has 1 aromatic carbocycles. The highest BCUT2D eigenvalue weighted by atomic mass is 79.9. The summed E-state index contributed by atoms with van der Waals surface area (Å²) in [5.74, 6) is 0. The van der Waals surface area contributed by atoms with Crippen LogP contribution in [-0.2, 0) is 0 Å². The predicted molar refractivity (Wildman–Crippen MR) is 113 cm³/mol. The molecule has 0 unspecified atom stereocenters. The van der Waals surface area contributed by atoms with Crippen LogP contribution in [0.25, 0.3) is 33.9 Å². The molecule has 3 nitrogen and oxygen atoms in total. The molecule has 0 atom stereocenters. The van der Waals surface area contributed by atoms with Gasteiger partial charge in [-0.25, -0.2) is 4.98 Å². The van der Waals surface area contributed by atoms with Gasteiger partial charge in [0, 0.05) is 16.9 Å². The fourth-order valence-corrected chi connectivity index (χ4v) is 3.22. The molecule has 0 amide bonds. The van der Waals surface area contributed by atoms with Crippen molar-refractivity contribution in [2.45, 2.75) is 13.8 Å². The van der Waals surface area contributed by atoms with Crippen LogP contribution in [-0.4, -0.2) is 15.0 Å². The molecule has 0 saturated heterocycles. The van der Waals surface area contributed by atoms with Gasteiger partial charge in [-0.1, -0.05) is 28.1 Å². The van der Waals surface area contributed by atoms with Crippen LogP contribution in [0.3, 0.4) is 0 Å². The fourth-order valence-electron chi connectivity index (χ4n) is 2.95. The van der Waals surface area contributed by atoms with Crippen LogP contribution in [0, 0.1) is 13.8 Å². The summed E-state index contributed by atoms with van der Waals surface area (Å²) >= 11 is 3.50. The SMILES string of the molecule is Cc1ccnc(-c2cc(-c3ccc(Br)cc3)cc(-c3cc(C)ccn3)n2)c1. The molecular weight excluding hydrogens is 398 g/mol. The molecule has 0 saturated carbocycles. The van der Waals surface area contributed by atoms with Crippen molar-refractivity contribution < 1.29 is 0 Å². The molecule has 0 aliphatic carbocycles. The Morgan fingerprint density at radius 3 is 1.59 bits per heavy atom. The van der Waals surface area contributed by atoms with E-state index in [0.717, 1.165) is 49.5 Å². The van der Waals surface area contributed by atoms with Gasteiger partial charge in [0.05, 0.1) is 22.8 Å². The molecule has 0 N–H and O–H groups in total. The third-order valence-electron chi connectivity index (χ3n) is 4.36. The highest BCUT2D eigenvalue weighted by Gasteiger charge is 2.11. The molecule has 0 radical (unpaired) electrons. The second kappa shape index (κ2) is 7.41. The smallest absolute Gasteiger partial charge is 0.0900 e. The van der Waals surface area contributed by atoms with Gasteiger partial charge in [0.2, 0.25) is 0 Å². The predicted octanol–water partition coefficient (Wildman–Crippen LogP) is 6.25. The number of pyridine rings is 3. The van der Waals surface area contributed by atoms with Gasteiger partial charge in [-0.3, -0.25) is 9.97 Å². The molecule has 0 spiro atoms. The van der Waals surface area contributed by atoms with Crippen LogP contribution in [0.2, 0.25) is 0 Å². The van der Waals surface area contributed by atoms with Crippen LogP contribution in [0.5, 0.6) is 0 Å². The number of benzene rings is 1. The first-order valence-electron chi connectivity index (χ1n) is 8.72. The summed E-state index contributed by atoms with van der Waals surface area (Å²) in [6, 6.07) is 20.6. The number of hydrogen-bond donors (Lipinski definition) is 0. The first-order valence-corrected chi connectivity index (χ1v) is 9.52. The van der Waals surface area contributed by atoms with Crippen molar-refractivity contribution in [1.82, 2.24) is 15.0 Å². The van der Waals surface area contributed by atoms with Crippen LogP contribution < -0.4 is 0 Å². The largest absolute Gasteiger partial charge is 0.255 e. The fraction of sp³-hybridized carbons (Fsp3) is 0.0870. The first kappa shape index (κ1) is 17.6. The second-order valence-corrected chi connectivity index (χ2v) is 7.49. The van der Waals surface area contributed by atoms with Crippen molar-refractivity contribution in [3.63, 3.8) is 0 Å². The van der Waals surface area contributed by atoms with Crippen molar-refractivity contribution in [2.75, 3.05) is 0 Å². The lowest BCUT2D eigenvalue weighted by Gasteiger charge is -2.10. The Balaban J connectivity index is 1.92. The number of aryl methyl sites for hydroxylation is 2. The Morgan fingerprint density at radius 1 is 0.593 bits per heavy atom. The van der Waals surface area contributed by atoms with Gasteiger partial charge >= 0.3 is 0 Å². The van der Waals surface area contributed by atoms with Gasteiger partial charge in [0.1, 0.15) is 0 Å². The summed E-state index contributed by atoms with van der Waals surface area (Å²) in [4.78, 5) is 13.9. The maximum atomic E-state index is 4.86. The molecule has 4 heteroatoms. The Labute approximate surface area is 167 Å². The monoisotopic (exact) mass is 415 g/mol. The van der Waals surface area contributed by atoms with E-state index in [2.05, 4.69) is 76.1 Å². The molecular formula is C23H18BrN3. The number of aromatic nitrogens is 3. The summed E-state index contributed by atoms with van der Waals surface area (Å²) in [5.41, 5.74) is 7.95.